The molecule has 0 aliphatic carbocycles. The Kier molecular flexibility index (Phi) is 4.57. The molecule has 1 unspecified atom stereocenters. The minimum atomic E-state index is -0.799. The first-order chi connectivity index (χ1) is 8.52. The number of hydrogen-bond donors (Lipinski definition) is 3. The van der Waals surface area contributed by atoms with E-state index in [9.17, 15) is 9.59 Å². The highest BCUT2D eigenvalue weighted by Crippen LogP contribution is 2.33. The summed E-state index contributed by atoms with van der Waals surface area (Å²) in [7, 11) is 1.75. The van der Waals surface area contributed by atoms with Gasteiger partial charge in [-0.3, -0.25) is 14.8 Å². The zero-order valence-electron chi connectivity index (χ0n) is 10.1. The lowest BCUT2D eigenvalue weighted by Gasteiger charge is -2.32. The number of primary amides is 1. The maximum atomic E-state index is 11.3. The van der Waals surface area contributed by atoms with Crippen LogP contribution in [0.2, 0.25) is 0 Å². The van der Waals surface area contributed by atoms with Crippen LogP contribution in [0.1, 0.15) is 10.4 Å². The molecule has 0 fully saturated rings. The molecule has 8 heteroatoms. The van der Waals surface area contributed by atoms with Gasteiger partial charge in [-0.15, -0.1) is 12.4 Å². The average molecular weight is 288 g/mol. The van der Waals surface area contributed by atoms with Crippen LogP contribution < -0.4 is 20.9 Å². The van der Waals surface area contributed by atoms with Gasteiger partial charge < -0.3 is 15.4 Å². The van der Waals surface area contributed by atoms with Crippen LogP contribution >= 0.6 is 12.4 Å². The highest BCUT2D eigenvalue weighted by molar-refractivity contribution is 5.94. The van der Waals surface area contributed by atoms with Crippen molar-refractivity contribution in [1.82, 2.24) is 5.48 Å². The molecule has 0 saturated carbocycles. The number of hydrogen-bond acceptors (Lipinski definition) is 5. The van der Waals surface area contributed by atoms with Gasteiger partial charge in [-0.25, -0.2) is 5.48 Å². The molecule has 4 N–H and O–H groups in total. The monoisotopic (exact) mass is 287 g/mol. The predicted octanol–water partition coefficient (Wildman–Crippen LogP) is -0.0901. The van der Waals surface area contributed by atoms with Crippen LogP contribution in [0.5, 0.6) is 5.75 Å². The third-order valence-electron chi connectivity index (χ3n) is 2.77. The minimum Gasteiger partial charge on any atom is -0.476 e. The summed E-state index contributed by atoms with van der Waals surface area (Å²) in [5.41, 5.74) is 7.79. The predicted molar refractivity (Wildman–Crippen MR) is 69.8 cm³/mol. The van der Waals surface area contributed by atoms with E-state index in [4.69, 9.17) is 15.7 Å². The van der Waals surface area contributed by atoms with Crippen molar-refractivity contribution < 1.29 is 19.5 Å². The normalized spacial score (nSPS) is 16.7. The molecule has 2 amide bonds. The van der Waals surface area contributed by atoms with Crippen LogP contribution in [0, 0.1) is 0 Å². The standard InChI is InChI=1S/C11H13N3O4.ClH/c1-14-5-9(11(16)13-17)18-8-3-2-6(10(12)15)4-7(8)14;/h2-4,9,17H,5H2,1H3,(H2,12,15)(H,13,16);1H. The van der Waals surface area contributed by atoms with E-state index in [-0.39, 0.29) is 19.0 Å². The molecule has 1 aliphatic heterocycles. The Hall–Kier alpha value is -1.99. The molecular weight excluding hydrogens is 274 g/mol. The number of likely N-dealkylation sites (N-methyl/N-ethyl adjacent to an activating group) is 1. The number of hydroxylamine groups is 1. The van der Waals surface area contributed by atoms with Gasteiger partial charge in [0.1, 0.15) is 5.75 Å². The number of rotatable bonds is 2. The Morgan fingerprint density at radius 3 is 2.79 bits per heavy atom. The van der Waals surface area contributed by atoms with E-state index in [0.717, 1.165) is 0 Å². The highest BCUT2D eigenvalue weighted by Gasteiger charge is 2.29. The molecule has 0 spiro atoms. The van der Waals surface area contributed by atoms with E-state index in [1.807, 2.05) is 0 Å². The maximum absolute atomic E-state index is 11.3. The topological polar surface area (TPSA) is 105 Å². The van der Waals surface area contributed by atoms with E-state index in [1.165, 1.54) is 6.07 Å². The van der Waals surface area contributed by atoms with Gasteiger partial charge >= 0.3 is 0 Å². The lowest BCUT2D eigenvalue weighted by Crippen LogP contribution is -2.47. The van der Waals surface area contributed by atoms with Gasteiger partial charge in [0.05, 0.1) is 12.2 Å². The molecule has 1 heterocycles. The van der Waals surface area contributed by atoms with E-state index < -0.39 is 17.9 Å². The van der Waals surface area contributed by atoms with Crippen molar-refractivity contribution in [3.63, 3.8) is 0 Å². The number of nitrogens with zero attached hydrogens (tertiary/aromatic N) is 1. The van der Waals surface area contributed by atoms with Crippen molar-refractivity contribution >= 4 is 29.9 Å². The Balaban J connectivity index is 0.00000180. The van der Waals surface area contributed by atoms with Gasteiger partial charge in [-0.2, -0.15) is 0 Å². The number of anilines is 1. The maximum Gasteiger partial charge on any atom is 0.286 e. The van der Waals surface area contributed by atoms with Gasteiger partial charge in [-0.1, -0.05) is 0 Å². The molecule has 0 aromatic heterocycles. The van der Waals surface area contributed by atoms with Crippen LogP contribution in [0.25, 0.3) is 0 Å². The van der Waals surface area contributed by atoms with Crippen molar-refractivity contribution in [3.05, 3.63) is 23.8 Å². The summed E-state index contributed by atoms with van der Waals surface area (Å²) in [6.07, 6.45) is -0.799. The Morgan fingerprint density at radius 2 is 2.21 bits per heavy atom. The molecule has 1 aliphatic rings. The molecule has 1 aromatic carbocycles. The number of halogens is 1. The second-order valence-electron chi connectivity index (χ2n) is 4.01. The molecule has 0 radical (unpaired) electrons. The second kappa shape index (κ2) is 5.77. The SMILES string of the molecule is CN1CC(C(=O)NO)Oc2ccc(C(N)=O)cc21.Cl. The lowest BCUT2D eigenvalue weighted by molar-refractivity contribution is -0.136. The molecule has 19 heavy (non-hydrogen) atoms. The Labute approximate surface area is 115 Å². The van der Waals surface area contributed by atoms with Gasteiger partial charge in [-0.05, 0) is 18.2 Å². The third-order valence-corrected chi connectivity index (χ3v) is 2.77. The van der Waals surface area contributed by atoms with Gasteiger partial charge in [0.25, 0.3) is 5.91 Å². The number of nitrogens with one attached hydrogen (secondary N) is 1. The molecule has 1 aromatic rings. The van der Waals surface area contributed by atoms with Crippen LogP contribution in [0.4, 0.5) is 5.69 Å². The number of carbonyl (C=O) groups is 2. The number of fused-ring (bicyclic) bond motifs is 1. The minimum absolute atomic E-state index is 0. The zero-order valence-corrected chi connectivity index (χ0v) is 10.9. The van der Waals surface area contributed by atoms with E-state index in [2.05, 4.69) is 0 Å². The van der Waals surface area contributed by atoms with E-state index in [0.29, 0.717) is 17.0 Å². The number of ether oxygens (including phenoxy) is 1. The molecule has 104 valence electrons. The van der Waals surface area contributed by atoms with Crippen molar-refractivity contribution in [2.45, 2.75) is 6.10 Å². The van der Waals surface area contributed by atoms with Crippen molar-refractivity contribution in [1.29, 1.82) is 0 Å². The number of nitrogens with two attached hydrogens (primary N) is 1. The second-order valence-corrected chi connectivity index (χ2v) is 4.01. The summed E-state index contributed by atoms with van der Waals surface area (Å²) in [5, 5.41) is 8.58. The fourth-order valence-electron chi connectivity index (χ4n) is 1.81. The molecule has 7 nitrogen and oxygen atoms in total. The quantitative estimate of drug-likeness (QED) is 0.521. The summed E-state index contributed by atoms with van der Waals surface area (Å²) < 4.78 is 5.42. The van der Waals surface area contributed by atoms with Gasteiger partial charge in [0, 0.05) is 12.6 Å². The first kappa shape index (κ1) is 15.1. The van der Waals surface area contributed by atoms with Crippen LogP contribution in [0.15, 0.2) is 18.2 Å². The number of benzene rings is 1. The van der Waals surface area contributed by atoms with Gasteiger partial charge in [0.15, 0.2) is 6.10 Å². The Bertz CT molecular complexity index is 509. The molecule has 0 saturated heterocycles. The Morgan fingerprint density at radius 1 is 1.53 bits per heavy atom. The molecule has 1 atom stereocenters. The number of amides is 2. The van der Waals surface area contributed by atoms with Crippen molar-refractivity contribution in [2.75, 3.05) is 18.5 Å². The van der Waals surface area contributed by atoms with Crippen molar-refractivity contribution in [3.8, 4) is 5.75 Å². The fraction of sp³-hybridized carbons (Fsp3) is 0.273. The number of carbonyl (C=O) groups excluding carboxylic acids is 2. The molecule has 2 rings (SSSR count). The summed E-state index contributed by atoms with van der Waals surface area (Å²) >= 11 is 0. The fourth-order valence-corrected chi connectivity index (χ4v) is 1.81. The first-order valence-corrected chi connectivity index (χ1v) is 5.28. The highest BCUT2D eigenvalue weighted by atomic mass is 35.5. The summed E-state index contributed by atoms with van der Waals surface area (Å²) in [5.74, 6) is -0.685. The summed E-state index contributed by atoms with van der Waals surface area (Å²) in [4.78, 5) is 24.1. The van der Waals surface area contributed by atoms with Crippen LogP contribution in [0.3, 0.4) is 0 Å². The van der Waals surface area contributed by atoms with Crippen LogP contribution in [-0.2, 0) is 4.79 Å². The average Bonchev–Trinajstić information content (AvgIpc) is 2.37. The summed E-state index contributed by atoms with van der Waals surface area (Å²) in [6.45, 7) is 0.265. The van der Waals surface area contributed by atoms with Crippen molar-refractivity contribution in [2.24, 2.45) is 5.73 Å². The van der Waals surface area contributed by atoms with E-state index >= 15 is 0 Å². The van der Waals surface area contributed by atoms with E-state index in [1.54, 1.807) is 29.6 Å². The third kappa shape index (κ3) is 2.88. The van der Waals surface area contributed by atoms with Crippen LogP contribution in [-0.4, -0.2) is 36.7 Å². The molecular formula is C11H14ClN3O4. The molecule has 0 bridgehead atoms. The smallest absolute Gasteiger partial charge is 0.286 e. The van der Waals surface area contributed by atoms with Gasteiger partial charge in [0.2, 0.25) is 5.91 Å². The lowest BCUT2D eigenvalue weighted by atomic mass is 10.1. The zero-order chi connectivity index (χ0) is 13.3. The summed E-state index contributed by atoms with van der Waals surface area (Å²) in [6, 6.07) is 4.70. The first-order valence-electron chi connectivity index (χ1n) is 5.28. The largest absolute Gasteiger partial charge is 0.476 e.